The van der Waals surface area contributed by atoms with Gasteiger partial charge in [-0.05, 0) is 37.9 Å². The summed E-state index contributed by atoms with van der Waals surface area (Å²) in [5.41, 5.74) is 2.74. The van der Waals surface area contributed by atoms with E-state index in [9.17, 15) is 0 Å². The normalized spacial score (nSPS) is 12.4. The molecule has 0 radical (unpaired) electrons. The lowest BCUT2D eigenvalue weighted by Crippen LogP contribution is -2.30. The Kier molecular flexibility index (Phi) is 8.31. The summed E-state index contributed by atoms with van der Waals surface area (Å²) in [5, 5.41) is 3.65. The van der Waals surface area contributed by atoms with Crippen molar-refractivity contribution in [3.8, 4) is 0 Å². The molecule has 20 heavy (non-hydrogen) atoms. The van der Waals surface area contributed by atoms with Crippen LogP contribution in [0.5, 0.6) is 0 Å². The maximum Gasteiger partial charge on any atom is 0.0637 e. The number of nitrogens with zero attached hydrogens (tertiary/aromatic N) is 1. The summed E-state index contributed by atoms with van der Waals surface area (Å²) in [4.78, 5) is 2.40. The summed E-state index contributed by atoms with van der Waals surface area (Å²) in [7, 11) is 1.76. The van der Waals surface area contributed by atoms with Gasteiger partial charge in [0.2, 0.25) is 0 Å². The van der Waals surface area contributed by atoms with Gasteiger partial charge in [0.25, 0.3) is 0 Å². The molecule has 3 nitrogen and oxygen atoms in total. The fourth-order valence-electron chi connectivity index (χ4n) is 2.51. The van der Waals surface area contributed by atoms with Crippen LogP contribution in [0, 0.1) is 0 Å². The van der Waals surface area contributed by atoms with Gasteiger partial charge in [-0.15, -0.1) is 0 Å². The van der Waals surface area contributed by atoms with Crippen molar-refractivity contribution in [1.29, 1.82) is 0 Å². The number of hydrogen-bond acceptors (Lipinski definition) is 3. The highest BCUT2D eigenvalue weighted by atomic mass is 16.5. The molecule has 0 aliphatic rings. The van der Waals surface area contributed by atoms with Crippen LogP contribution in [-0.2, 0) is 4.74 Å². The molecular formula is C17H30N2O. The summed E-state index contributed by atoms with van der Waals surface area (Å²) in [6.45, 7) is 10.4. The minimum Gasteiger partial charge on any atom is -0.383 e. The van der Waals surface area contributed by atoms with Crippen molar-refractivity contribution >= 4 is 5.69 Å². The lowest BCUT2D eigenvalue weighted by molar-refractivity contribution is 0.205. The predicted molar refractivity (Wildman–Crippen MR) is 87.5 cm³/mol. The van der Waals surface area contributed by atoms with E-state index < -0.39 is 0 Å². The minimum absolute atomic E-state index is 0.433. The molecule has 1 aromatic carbocycles. The first-order valence-electron chi connectivity index (χ1n) is 7.84. The van der Waals surface area contributed by atoms with Crippen molar-refractivity contribution < 1.29 is 4.74 Å². The molecule has 1 atom stereocenters. The van der Waals surface area contributed by atoms with Crippen molar-refractivity contribution in [2.24, 2.45) is 0 Å². The monoisotopic (exact) mass is 278 g/mol. The summed E-state index contributed by atoms with van der Waals surface area (Å²) < 4.78 is 5.23. The zero-order valence-electron chi connectivity index (χ0n) is 13.5. The molecule has 3 heteroatoms. The van der Waals surface area contributed by atoms with Crippen LogP contribution in [0.4, 0.5) is 5.69 Å². The number of rotatable bonds is 10. The molecule has 0 saturated carbocycles. The number of methoxy groups -OCH3 is 1. The van der Waals surface area contributed by atoms with E-state index >= 15 is 0 Å². The van der Waals surface area contributed by atoms with Gasteiger partial charge in [-0.3, -0.25) is 0 Å². The summed E-state index contributed by atoms with van der Waals surface area (Å²) in [5.74, 6) is 0. The number of anilines is 1. The van der Waals surface area contributed by atoms with Gasteiger partial charge in [0.05, 0.1) is 6.61 Å². The Balaban J connectivity index is 2.94. The second-order valence-corrected chi connectivity index (χ2v) is 5.05. The van der Waals surface area contributed by atoms with Crippen LogP contribution < -0.4 is 10.2 Å². The molecule has 1 unspecified atom stereocenters. The van der Waals surface area contributed by atoms with Crippen molar-refractivity contribution in [2.45, 2.75) is 39.7 Å². The first-order chi connectivity index (χ1) is 9.78. The van der Waals surface area contributed by atoms with Crippen LogP contribution in [0.1, 0.15) is 45.2 Å². The SMILES string of the molecule is CCCNC(CC)c1ccccc1N(CC)CCOC. The quantitative estimate of drug-likeness (QED) is 0.707. The molecule has 1 N–H and O–H groups in total. The van der Waals surface area contributed by atoms with E-state index in [2.05, 4.69) is 55.3 Å². The lowest BCUT2D eigenvalue weighted by atomic mass is 10.0. The molecule has 0 saturated heterocycles. The Morgan fingerprint density at radius 3 is 2.55 bits per heavy atom. The van der Waals surface area contributed by atoms with E-state index in [-0.39, 0.29) is 0 Å². The number of benzene rings is 1. The van der Waals surface area contributed by atoms with Crippen molar-refractivity contribution in [3.63, 3.8) is 0 Å². The van der Waals surface area contributed by atoms with Crippen molar-refractivity contribution in [3.05, 3.63) is 29.8 Å². The Morgan fingerprint density at radius 1 is 1.20 bits per heavy atom. The fraction of sp³-hybridized carbons (Fsp3) is 0.647. The molecular weight excluding hydrogens is 248 g/mol. The van der Waals surface area contributed by atoms with E-state index in [1.165, 1.54) is 17.7 Å². The second-order valence-electron chi connectivity index (χ2n) is 5.05. The van der Waals surface area contributed by atoms with Gasteiger partial charge in [-0.2, -0.15) is 0 Å². The zero-order valence-corrected chi connectivity index (χ0v) is 13.5. The summed E-state index contributed by atoms with van der Waals surface area (Å²) in [6, 6.07) is 9.18. The van der Waals surface area contributed by atoms with Crippen LogP contribution in [0.3, 0.4) is 0 Å². The standard InChI is InChI=1S/C17H30N2O/c1-5-12-18-16(6-2)15-10-8-9-11-17(15)19(7-3)13-14-20-4/h8-11,16,18H,5-7,12-14H2,1-4H3. The van der Waals surface area contributed by atoms with Crippen molar-refractivity contribution in [1.82, 2.24) is 5.32 Å². The molecule has 0 aromatic heterocycles. The average Bonchev–Trinajstić information content (AvgIpc) is 2.50. The van der Waals surface area contributed by atoms with E-state index in [0.717, 1.165) is 32.7 Å². The van der Waals surface area contributed by atoms with Gasteiger partial charge in [-0.1, -0.05) is 32.0 Å². The molecule has 0 fully saturated rings. The smallest absolute Gasteiger partial charge is 0.0637 e. The third-order valence-corrected chi connectivity index (χ3v) is 3.65. The topological polar surface area (TPSA) is 24.5 Å². The maximum atomic E-state index is 5.23. The molecule has 0 heterocycles. The Morgan fingerprint density at radius 2 is 1.95 bits per heavy atom. The van der Waals surface area contributed by atoms with Crippen LogP contribution in [0.25, 0.3) is 0 Å². The van der Waals surface area contributed by atoms with Gasteiger partial charge in [0.1, 0.15) is 0 Å². The average molecular weight is 278 g/mol. The highest BCUT2D eigenvalue weighted by Gasteiger charge is 2.15. The molecule has 1 rings (SSSR count). The van der Waals surface area contributed by atoms with Crippen LogP contribution >= 0.6 is 0 Å². The highest BCUT2D eigenvalue weighted by Crippen LogP contribution is 2.28. The van der Waals surface area contributed by atoms with Gasteiger partial charge < -0.3 is 15.0 Å². The molecule has 0 aliphatic carbocycles. The van der Waals surface area contributed by atoms with E-state index in [0.29, 0.717) is 6.04 Å². The Bertz CT molecular complexity index is 333. The Hall–Kier alpha value is -1.06. The molecule has 1 aromatic rings. The lowest BCUT2D eigenvalue weighted by Gasteiger charge is -2.29. The predicted octanol–water partition coefficient (Wildman–Crippen LogP) is 3.61. The minimum atomic E-state index is 0.433. The number of likely N-dealkylation sites (N-methyl/N-ethyl adjacent to an activating group) is 1. The van der Waals surface area contributed by atoms with Crippen LogP contribution in [-0.4, -0.2) is 33.4 Å². The van der Waals surface area contributed by atoms with Crippen LogP contribution in [0.15, 0.2) is 24.3 Å². The number of hydrogen-bond donors (Lipinski definition) is 1. The van der Waals surface area contributed by atoms with E-state index in [1.807, 2.05) is 0 Å². The van der Waals surface area contributed by atoms with Gasteiger partial charge in [0.15, 0.2) is 0 Å². The second kappa shape index (κ2) is 9.78. The molecule has 0 amide bonds. The molecule has 114 valence electrons. The molecule has 0 spiro atoms. The van der Waals surface area contributed by atoms with E-state index in [4.69, 9.17) is 4.74 Å². The number of ether oxygens (including phenoxy) is 1. The summed E-state index contributed by atoms with van der Waals surface area (Å²) >= 11 is 0. The van der Waals surface area contributed by atoms with Crippen molar-refractivity contribution in [2.75, 3.05) is 38.3 Å². The van der Waals surface area contributed by atoms with Crippen LogP contribution in [0.2, 0.25) is 0 Å². The van der Waals surface area contributed by atoms with Gasteiger partial charge in [0, 0.05) is 31.9 Å². The van der Waals surface area contributed by atoms with E-state index in [1.54, 1.807) is 7.11 Å². The highest BCUT2D eigenvalue weighted by molar-refractivity contribution is 5.55. The van der Waals surface area contributed by atoms with Gasteiger partial charge in [-0.25, -0.2) is 0 Å². The Labute approximate surface area is 124 Å². The summed E-state index contributed by atoms with van der Waals surface area (Å²) in [6.07, 6.45) is 2.28. The number of para-hydroxylation sites is 1. The number of nitrogens with one attached hydrogen (secondary N) is 1. The first-order valence-corrected chi connectivity index (χ1v) is 7.84. The largest absolute Gasteiger partial charge is 0.383 e. The molecule has 0 bridgehead atoms. The third kappa shape index (κ3) is 4.80. The first kappa shape index (κ1) is 17.0. The fourth-order valence-corrected chi connectivity index (χ4v) is 2.51. The van der Waals surface area contributed by atoms with Gasteiger partial charge >= 0.3 is 0 Å². The maximum absolute atomic E-state index is 5.23. The zero-order chi connectivity index (χ0) is 14.8. The third-order valence-electron chi connectivity index (χ3n) is 3.65. The molecule has 0 aliphatic heterocycles.